The van der Waals surface area contributed by atoms with Crippen molar-refractivity contribution in [3.8, 4) is 0 Å². The quantitative estimate of drug-likeness (QED) is 0.719. The van der Waals surface area contributed by atoms with Crippen LogP contribution in [-0.4, -0.2) is 33.5 Å². The van der Waals surface area contributed by atoms with E-state index in [4.69, 9.17) is 5.73 Å². The molecule has 1 aliphatic heterocycles. The first-order valence-corrected chi connectivity index (χ1v) is 7.97. The first-order valence-electron chi connectivity index (χ1n) is 5.60. The molecule has 18 heavy (non-hydrogen) atoms. The Morgan fingerprint density at radius 3 is 2.67 bits per heavy atom. The Morgan fingerprint density at radius 2 is 2.11 bits per heavy atom. The lowest BCUT2D eigenvalue weighted by Crippen LogP contribution is -2.42. The third-order valence-electron chi connectivity index (χ3n) is 2.79. The van der Waals surface area contributed by atoms with Gasteiger partial charge in [-0.2, -0.15) is 0 Å². The maximum atomic E-state index is 12.1. The lowest BCUT2D eigenvalue weighted by molar-refractivity contribution is 0.100. The molecule has 0 spiro atoms. The Hall–Kier alpha value is -0.960. The molecule has 8 heteroatoms. The van der Waals surface area contributed by atoms with Gasteiger partial charge in [-0.05, 0) is 32.0 Å². The van der Waals surface area contributed by atoms with Gasteiger partial charge in [-0.15, -0.1) is 11.3 Å². The fourth-order valence-electron chi connectivity index (χ4n) is 1.80. The molecule has 6 nitrogen and oxygen atoms in total. The summed E-state index contributed by atoms with van der Waals surface area (Å²) in [5, 5.41) is 4.62. The van der Waals surface area contributed by atoms with Crippen molar-refractivity contribution >= 4 is 27.3 Å². The number of hydrogen-bond acceptors (Lipinski definition) is 5. The molecule has 4 N–H and O–H groups in total. The number of carbonyl (C=O) groups excluding carboxylic acids is 1. The molecule has 2 heterocycles. The summed E-state index contributed by atoms with van der Waals surface area (Å²) in [6, 6.07) is 1.27. The second-order valence-electron chi connectivity index (χ2n) is 4.16. The number of sulfonamides is 1. The maximum absolute atomic E-state index is 12.1. The van der Waals surface area contributed by atoms with Crippen LogP contribution in [-0.2, 0) is 10.0 Å². The highest BCUT2D eigenvalue weighted by Gasteiger charge is 2.23. The predicted molar refractivity (Wildman–Crippen MR) is 69.1 cm³/mol. The van der Waals surface area contributed by atoms with Gasteiger partial charge >= 0.3 is 0 Å². The number of nitrogens with two attached hydrogens (primary N) is 1. The summed E-state index contributed by atoms with van der Waals surface area (Å²) in [6.07, 6.45) is 1.54. The van der Waals surface area contributed by atoms with E-state index >= 15 is 0 Å². The van der Waals surface area contributed by atoms with Crippen LogP contribution in [0.5, 0.6) is 0 Å². The first-order chi connectivity index (χ1) is 8.49. The maximum Gasteiger partial charge on any atom is 0.250 e. The van der Waals surface area contributed by atoms with Gasteiger partial charge in [-0.25, -0.2) is 13.1 Å². The molecule has 2 rings (SSSR count). The Labute approximate surface area is 110 Å². The average Bonchev–Trinajstić information content (AvgIpc) is 2.79. The number of amides is 1. The topological polar surface area (TPSA) is 101 Å². The molecule has 1 fully saturated rings. The van der Waals surface area contributed by atoms with E-state index in [1.54, 1.807) is 0 Å². The van der Waals surface area contributed by atoms with Crippen LogP contribution in [0.15, 0.2) is 15.7 Å². The largest absolute Gasteiger partial charge is 0.366 e. The predicted octanol–water partition coefficient (Wildman–Crippen LogP) is -0.123. The number of hydrogen-bond donors (Lipinski definition) is 3. The Bertz CT molecular complexity index is 532. The summed E-state index contributed by atoms with van der Waals surface area (Å²) >= 11 is 1.01. The van der Waals surface area contributed by atoms with Crippen LogP contribution in [0.25, 0.3) is 0 Å². The van der Waals surface area contributed by atoms with E-state index in [2.05, 4.69) is 10.0 Å². The molecule has 0 radical (unpaired) electrons. The monoisotopic (exact) mass is 289 g/mol. The summed E-state index contributed by atoms with van der Waals surface area (Å²) in [4.78, 5) is 10.9. The number of thiophene rings is 1. The zero-order valence-corrected chi connectivity index (χ0v) is 11.3. The van der Waals surface area contributed by atoms with Gasteiger partial charge in [-0.3, -0.25) is 4.79 Å². The van der Waals surface area contributed by atoms with Crippen LogP contribution in [0.4, 0.5) is 0 Å². The van der Waals surface area contributed by atoms with Gasteiger partial charge < -0.3 is 11.1 Å². The summed E-state index contributed by atoms with van der Waals surface area (Å²) in [6.45, 7) is 1.62. The molecular formula is C10H15N3O3S2. The number of piperidine rings is 1. The van der Waals surface area contributed by atoms with Crippen molar-refractivity contribution < 1.29 is 13.2 Å². The van der Waals surface area contributed by atoms with Gasteiger partial charge in [0.15, 0.2) is 0 Å². The van der Waals surface area contributed by atoms with E-state index in [0.717, 1.165) is 37.3 Å². The zero-order valence-electron chi connectivity index (χ0n) is 9.68. The van der Waals surface area contributed by atoms with Gasteiger partial charge in [0, 0.05) is 11.4 Å². The van der Waals surface area contributed by atoms with Gasteiger partial charge in [0.1, 0.15) is 4.21 Å². The first kappa shape index (κ1) is 13.5. The Kier molecular flexibility index (Phi) is 4.00. The zero-order chi connectivity index (χ0) is 13.2. The third kappa shape index (κ3) is 3.08. The summed E-state index contributed by atoms with van der Waals surface area (Å²) in [5.41, 5.74) is 5.33. The summed E-state index contributed by atoms with van der Waals surface area (Å²) in [5.74, 6) is -0.616. The average molecular weight is 289 g/mol. The van der Waals surface area contributed by atoms with Crippen LogP contribution < -0.4 is 15.8 Å². The fourth-order valence-corrected chi connectivity index (χ4v) is 4.29. The Balaban J connectivity index is 2.11. The second kappa shape index (κ2) is 5.35. The van der Waals surface area contributed by atoms with Crippen LogP contribution in [0.3, 0.4) is 0 Å². The SMILES string of the molecule is NC(=O)c1csc(S(=O)(=O)NC2CCNCC2)c1. The van der Waals surface area contributed by atoms with Crippen molar-refractivity contribution in [1.29, 1.82) is 0 Å². The van der Waals surface area contributed by atoms with Crippen LogP contribution >= 0.6 is 11.3 Å². The van der Waals surface area contributed by atoms with Crippen LogP contribution in [0.1, 0.15) is 23.2 Å². The number of primary amides is 1. The van der Waals surface area contributed by atoms with E-state index in [0.29, 0.717) is 0 Å². The van der Waals surface area contributed by atoms with Gasteiger partial charge in [0.05, 0.1) is 5.56 Å². The van der Waals surface area contributed by atoms with E-state index in [1.807, 2.05) is 0 Å². The molecule has 1 aromatic heterocycles. The van der Waals surface area contributed by atoms with Crippen molar-refractivity contribution in [2.75, 3.05) is 13.1 Å². The molecular weight excluding hydrogens is 274 g/mol. The molecule has 0 aliphatic carbocycles. The molecule has 0 aromatic carbocycles. The van der Waals surface area contributed by atoms with Crippen molar-refractivity contribution in [3.63, 3.8) is 0 Å². The highest BCUT2D eigenvalue weighted by molar-refractivity contribution is 7.91. The minimum absolute atomic E-state index is 0.0459. The van der Waals surface area contributed by atoms with Crippen LogP contribution in [0.2, 0.25) is 0 Å². The summed E-state index contributed by atoms with van der Waals surface area (Å²) in [7, 11) is -3.54. The highest BCUT2D eigenvalue weighted by Crippen LogP contribution is 2.20. The van der Waals surface area contributed by atoms with E-state index in [9.17, 15) is 13.2 Å². The molecule has 1 amide bonds. The number of carbonyl (C=O) groups is 1. The van der Waals surface area contributed by atoms with Gasteiger partial charge in [-0.1, -0.05) is 0 Å². The van der Waals surface area contributed by atoms with Crippen molar-refractivity contribution in [2.45, 2.75) is 23.1 Å². The smallest absolute Gasteiger partial charge is 0.250 e. The molecule has 1 aliphatic rings. The van der Waals surface area contributed by atoms with Crippen molar-refractivity contribution in [3.05, 3.63) is 17.0 Å². The van der Waals surface area contributed by atoms with E-state index in [1.165, 1.54) is 11.4 Å². The lowest BCUT2D eigenvalue weighted by atomic mass is 10.1. The molecule has 100 valence electrons. The van der Waals surface area contributed by atoms with Crippen LogP contribution in [0, 0.1) is 0 Å². The molecule has 0 unspecified atom stereocenters. The minimum Gasteiger partial charge on any atom is -0.366 e. The standard InChI is InChI=1S/C10H15N3O3S2/c11-10(14)7-5-9(17-6-7)18(15,16)13-8-1-3-12-4-2-8/h5-6,8,12-13H,1-4H2,(H2,11,14). The fraction of sp³-hybridized carbons (Fsp3) is 0.500. The highest BCUT2D eigenvalue weighted by atomic mass is 32.2. The summed E-state index contributed by atoms with van der Waals surface area (Å²) < 4.78 is 26.9. The number of nitrogens with one attached hydrogen (secondary N) is 2. The normalized spacial score (nSPS) is 17.8. The molecule has 1 saturated heterocycles. The Morgan fingerprint density at radius 1 is 1.44 bits per heavy atom. The second-order valence-corrected chi connectivity index (χ2v) is 7.02. The van der Waals surface area contributed by atoms with E-state index < -0.39 is 15.9 Å². The minimum atomic E-state index is -3.54. The number of rotatable bonds is 4. The molecule has 1 aromatic rings. The van der Waals surface area contributed by atoms with Crippen molar-refractivity contribution in [1.82, 2.24) is 10.0 Å². The van der Waals surface area contributed by atoms with Gasteiger partial charge in [0.25, 0.3) is 0 Å². The van der Waals surface area contributed by atoms with E-state index in [-0.39, 0.29) is 15.8 Å². The van der Waals surface area contributed by atoms with Crippen molar-refractivity contribution in [2.24, 2.45) is 5.73 Å². The molecule has 0 saturated carbocycles. The lowest BCUT2D eigenvalue weighted by Gasteiger charge is -2.23. The molecule has 0 bridgehead atoms. The molecule has 0 atom stereocenters. The van der Waals surface area contributed by atoms with Gasteiger partial charge in [0.2, 0.25) is 15.9 Å². The third-order valence-corrected chi connectivity index (χ3v) is 5.75.